The Balaban J connectivity index is 2.85. The number of carbonyl (C=O) groups is 1. The van der Waals surface area contributed by atoms with Gasteiger partial charge in [-0.1, -0.05) is 13.8 Å². The van der Waals surface area contributed by atoms with E-state index < -0.39 is 5.54 Å². The van der Waals surface area contributed by atoms with E-state index in [4.69, 9.17) is 4.74 Å². The van der Waals surface area contributed by atoms with Crippen molar-refractivity contribution in [3.63, 3.8) is 0 Å². The minimum absolute atomic E-state index is 0.0886. The number of piperidine rings is 1. The second kappa shape index (κ2) is 6.36. The standard InChI is InChI=1S/C13H26N2O2/c1-5-11(4)15-13(12(16)17-6-2)7-8-14-9-10(13)3/h10-11,14-15H,5-9H2,1-4H3. The highest BCUT2D eigenvalue weighted by Crippen LogP contribution is 2.27. The Morgan fingerprint density at radius 3 is 2.82 bits per heavy atom. The fourth-order valence-electron chi connectivity index (χ4n) is 2.40. The highest BCUT2D eigenvalue weighted by atomic mass is 16.5. The zero-order chi connectivity index (χ0) is 12.9. The van der Waals surface area contributed by atoms with Crippen LogP contribution in [0.3, 0.4) is 0 Å². The summed E-state index contributed by atoms with van der Waals surface area (Å²) in [4.78, 5) is 12.3. The van der Waals surface area contributed by atoms with Gasteiger partial charge in [-0.05, 0) is 39.2 Å². The molecule has 3 atom stereocenters. The Morgan fingerprint density at radius 2 is 2.29 bits per heavy atom. The molecule has 0 saturated carbocycles. The van der Waals surface area contributed by atoms with Gasteiger partial charge in [0.05, 0.1) is 6.61 Å². The first-order valence-corrected chi connectivity index (χ1v) is 6.72. The van der Waals surface area contributed by atoms with Gasteiger partial charge in [0.15, 0.2) is 0 Å². The summed E-state index contributed by atoms with van der Waals surface area (Å²) >= 11 is 0. The lowest BCUT2D eigenvalue weighted by atomic mass is 9.78. The molecule has 4 nitrogen and oxygen atoms in total. The van der Waals surface area contributed by atoms with E-state index in [1.165, 1.54) is 0 Å². The van der Waals surface area contributed by atoms with E-state index in [9.17, 15) is 4.79 Å². The highest BCUT2D eigenvalue weighted by molar-refractivity contribution is 5.81. The molecule has 0 aromatic carbocycles. The number of ether oxygens (including phenoxy) is 1. The summed E-state index contributed by atoms with van der Waals surface area (Å²) < 4.78 is 5.27. The minimum Gasteiger partial charge on any atom is -0.465 e. The summed E-state index contributed by atoms with van der Waals surface area (Å²) in [6, 6.07) is 0.333. The van der Waals surface area contributed by atoms with Crippen LogP contribution in [-0.4, -0.2) is 37.2 Å². The van der Waals surface area contributed by atoms with Crippen molar-refractivity contribution in [3.8, 4) is 0 Å². The van der Waals surface area contributed by atoms with Gasteiger partial charge in [0.1, 0.15) is 5.54 Å². The topological polar surface area (TPSA) is 50.4 Å². The van der Waals surface area contributed by atoms with E-state index in [1.54, 1.807) is 0 Å². The maximum Gasteiger partial charge on any atom is 0.326 e. The highest BCUT2D eigenvalue weighted by Gasteiger charge is 2.46. The summed E-state index contributed by atoms with van der Waals surface area (Å²) in [6.45, 7) is 10.4. The Hall–Kier alpha value is -0.610. The maximum atomic E-state index is 12.3. The zero-order valence-electron chi connectivity index (χ0n) is 11.5. The van der Waals surface area contributed by atoms with Crippen molar-refractivity contribution in [2.45, 2.75) is 52.1 Å². The van der Waals surface area contributed by atoms with E-state index in [-0.39, 0.29) is 11.9 Å². The first kappa shape index (κ1) is 14.5. The Kier molecular flexibility index (Phi) is 5.40. The molecule has 2 N–H and O–H groups in total. The van der Waals surface area contributed by atoms with E-state index in [2.05, 4.69) is 31.4 Å². The van der Waals surface area contributed by atoms with Crippen LogP contribution in [0.5, 0.6) is 0 Å². The van der Waals surface area contributed by atoms with E-state index >= 15 is 0 Å². The first-order valence-electron chi connectivity index (χ1n) is 6.72. The molecule has 1 aliphatic rings. The molecule has 4 heteroatoms. The van der Waals surface area contributed by atoms with Gasteiger partial charge in [0, 0.05) is 12.6 Å². The number of rotatable bonds is 5. The van der Waals surface area contributed by atoms with Crippen molar-refractivity contribution in [1.82, 2.24) is 10.6 Å². The van der Waals surface area contributed by atoms with E-state index in [0.717, 1.165) is 25.9 Å². The molecule has 1 fully saturated rings. The van der Waals surface area contributed by atoms with Gasteiger partial charge in [-0.15, -0.1) is 0 Å². The molecule has 3 unspecified atom stereocenters. The summed E-state index contributed by atoms with van der Waals surface area (Å²) in [5.74, 6) is 0.165. The van der Waals surface area contributed by atoms with Gasteiger partial charge in [-0.2, -0.15) is 0 Å². The summed E-state index contributed by atoms with van der Waals surface area (Å²) in [5, 5.41) is 6.83. The second-order valence-corrected chi connectivity index (χ2v) is 5.00. The molecule has 1 rings (SSSR count). The largest absolute Gasteiger partial charge is 0.465 e. The molecular formula is C13H26N2O2. The van der Waals surface area contributed by atoms with Gasteiger partial charge in [0.25, 0.3) is 0 Å². The smallest absolute Gasteiger partial charge is 0.326 e. The Morgan fingerprint density at radius 1 is 1.59 bits per heavy atom. The molecule has 17 heavy (non-hydrogen) atoms. The summed E-state index contributed by atoms with van der Waals surface area (Å²) in [6.07, 6.45) is 1.82. The number of nitrogens with one attached hydrogen (secondary N) is 2. The molecule has 0 radical (unpaired) electrons. The van der Waals surface area contributed by atoms with E-state index in [0.29, 0.717) is 12.6 Å². The van der Waals surface area contributed by atoms with Gasteiger partial charge in [-0.3, -0.25) is 10.1 Å². The van der Waals surface area contributed by atoms with Crippen LogP contribution in [-0.2, 0) is 9.53 Å². The molecular weight excluding hydrogens is 216 g/mol. The van der Waals surface area contributed by atoms with Crippen LogP contribution >= 0.6 is 0 Å². The lowest BCUT2D eigenvalue weighted by molar-refractivity contribution is -0.155. The van der Waals surface area contributed by atoms with Gasteiger partial charge in [0.2, 0.25) is 0 Å². The van der Waals surface area contributed by atoms with E-state index in [1.807, 2.05) is 6.92 Å². The summed E-state index contributed by atoms with van der Waals surface area (Å²) in [5.41, 5.74) is -0.503. The summed E-state index contributed by atoms with van der Waals surface area (Å²) in [7, 11) is 0. The average Bonchev–Trinajstić information content (AvgIpc) is 2.32. The molecule has 0 bridgehead atoms. The third kappa shape index (κ3) is 3.19. The molecule has 0 aromatic heterocycles. The van der Waals surface area contributed by atoms with Crippen LogP contribution in [0.15, 0.2) is 0 Å². The SMILES string of the molecule is CCOC(=O)C1(NC(C)CC)CCNCC1C. The molecule has 1 heterocycles. The number of esters is 1. The number of carbonyl (C=O) groups excluding carboxylic acids is 1. The lowest BCUT2D eigenvalue weighted by Gasteiger charge is -2.43. The molecule has 0 amide bonds. The lowest BCUT2D eigenvalue weighted by Crippen LogP contribution is -2.65. The Labute approximate surface area is 104 Å². The molecule has 100 valence electrons. The number of hydrogen-bond acceptors (Lipinski definition) is 4. The normalized spacial score (nSPS) is 30.9. The third-order valence-electron chi connectivity index (χ3n) is 3.74. The van der Waals surface area contributed by atoms with Gasteiger partial charge in [-0.25, -0.2) is 0 Å². The second-order valence-electron chi connectivity index (χ2n) is 5.00. The minimum atomic E-state index is -0.503. The van der Waals surface area contributed by atoms with Gasteiger partial charge >= 0.3 is 5.97 Å². The fourth-order valence-corrected chi connectivity index (χ4v) is 2.40. The molecule has 0 spiro atoms. The van der Waals surface area contributed by atoms with Crippen LogP contribution in [0.4, 0.5) is 0 Å². The van der Waals surface area contributed by atoms with Crippen LogP contribution < -0.4 is 10.6 Å². The Bertz CT molecular complexity index is 258. The monoisotopic (exact) mass is 242 g/mol. The fraction of sp³-hybridized carbons (Fsp3) is 0.923. The van der Waals surface area contributed by atoms with Crippen LogP contribution in [0.25, 0.3) is 0 Å². The van der Waals surface area contributed by atoms with Crippen molar-refractivity contribution in [3.05, 3.63) is 0 Å². The van der Waals surface area contributed by atoms with Crippen LogP contribution in [0.2, 0.25) is 0 Å². The maximum absolute atomic E-state index is 12.3. The zero-order valence-corrected chi connectivity index (χ0v) is 11.5. The third-order valence-corrected chi connectivity index (χ3v) is 3.74. The molecule has 1 aliphatic heterocycles. The average molecular weight is 242 g/mol. The van der Waals surface area contributed by atoms with Crippen molar-refractivity contribution < 1.29 is 9.53 Å². The predicted molar refractivity (Wildman–Crippen MR) is 68.9 cm³/mol. The molecule has 0 aliphatic carbocycles. The van der Waals surface area contributed by atoms with Gasteiger partial charge < -0.3 is 10.1 Å². The van der Waals surface area contributed by atoms with Crippen molar-refractivity contribution >= 4 is 5.97 Å². The van der Waals surface area contributed by atoms with Crippen molar-refractivity contribution in [1.29, 1.82) is 0 Å². The number of hydrogen-bond donors (Lipinski definition) is 2. The quantitative estimate of drug-likeness (QED) is 0.714. The van der Waals surface area contributed by atoms with Crippen molar-refractivity contribution in [2.24, 2.45) is 5.92 Å². The molecule has 1 saturated heterocycles. The van der Waals surface area contributed by atoms with Crippen molar-refractivity contribution in [2.75, 3.05) is 19.7 Å². The molecule has 0 aromatic rings. The first-order chi connectivity index (χ1) is 8.06. The predicted octanol–water partition coefficient (Wildman–Crippen LogP) is 1.31. The van der Waals surface area contributed by atoms with Crippen LogP contribution in [0, 0.1) is 5.92 Å². The van der Waals surface area contributed by atoms with Crippen LogP contribution in [0.1, 0.15) is 40.5 Å².